The van der Waals surface area contributed by atoms with Crippen molar-refractivity contribution in [2.45, 2.75) is 18.3 Å². The first-order valence-electron chi connectivity index (χ1n) is 8.47. The number of H-pyrrole nitrogens is 1. The lowest BCUT2D eigenvalue weighted by molar-refractivity contribution is 0.0544. The Bertz CT molecular complexity index is 893. The van der Waals surface area contributed by atoms with Gasteiger partial charge >= 0.3 is 0 Å². The molecular formula is C19H20N4O2. The van der Waals surface area contributed by atoms with Gasteiger partial charge in [0.1, 0.15) is 0 Å². The van der Waals surface area contributed by atoms with E-state index in [9.17, 15) is 9.90 Å². The van der Waals surface area contributed by atoms with Crippen molar-refractivity contribution in [3.8, 4) is 0 Å². The molecule has 0 spiro atoms. The molecule has 0 saturated carbocycles. The summed E-state index contributed by atoms with van der Waals surface area (Å²) in [5.41, 5.74) is 2.45. The number of aromatic nitrogens is 3. The number of nitrogens with one attached hydrogen (secondary N) is 1. The van der Waals surface area contributed by atoms with Gasteiger partial charge in [-0.15, -0.1) is 0 Å². The summed E-state index contributed by atoms with van der Waals surface area (Å²) < 4.78 is 0. The molecule has 6 heteroatoms. The quantitative estimate of drug-likeness (QED) is 0.767. The number of carbonyl (C=O) groups is 1. The van der Waals surface area contributed by atoms with Crippen molar-refractivity contribution in [1.82, 2.24) is 19.9 Å². The molecule has 1 unspecified atom stereocenters. The maximum Gasteiger partial charge on any atom is 0.256 e. The molecule has 1 amide bonds. The number of aliphatic hydroxyl groups is 1. The Morgan fingerprint density at radius 2 is 2.08 bits per heavy atom. The molecule has 0 aliphatic carbocycles. The number of hydrogen-bond donors (Lipinski definition) is 2. The van der Waals surface area contributed by atoms with Crippen LogP contribution in [-0.2, 0) is 5.41 Å². The highest BCUT2D eigenvalue weighted by Crippen LogP contribution is 2.34. The normalized spacial score (nSPS) is 20.8. The van der Waals surface area contributed by atoms with Crippen LogP contribution in [0.15, 0.2) is 48.9 Å². The van der Waals surface area contributed by atoms with Crippen molar-refractivity contribution < 1.29 is 9.90 Å². The van der Waals surface area contributed by atoms with Crippen LogP contribution in [0.1, 0.15) is 28.8 Å². The predicted molar refractivity (Wildman–Crippen MR) is 94.2 cm³/mol. The minimum atomic E-state index is -0.407. The van der Waals surface area contributed by atoms with Gasteiger partial charge in [0.15, 0.2) is 5.65 Å². The molecule has 4 rings (SSSR count). The second-order valence-electron chi connectivity index (χ2n) is 6.59. The van der Waals surface area contributed by atoms with Crippen molar-refractivity contribution in [2.24, 2.45) is 0 Å². The van der Waals surface area contributed by atoms with E-state index in [-0.39, 0.29) is 12.5 Å². The molecule has 2 aromatic heterocycles. The van der Waals surface area contributed by atoms with Crippen molar-refractivity contribution in [2.75, 3.05) is 19.7 Å². The highest BCUT2D eigenvalue weighted by molar-refractivity contribution is 6.03. The van der Waals surface area contributed by atoms with E-state index in [0.29, 0.717) is 29.8 Å². The van der Waals surface area contributed by atoms with E-state index in [2.05, 4.69) is 15.0 Å². The van der Waals surface area contributed by atoms with Gasteiger partial charge < -0.3 is 15.0 Å². The number of imidazole rings is 1. The van der Waals surface area contributed by atoms with Gasteiger partial charge in [0, 0.05) is 24.7 Å². The van der Waals surface area contributed by atoms with Crippen LogP contribution < -0.4 is 0 Å². The summed E-state index contributed by atoms with van der Waals surface area (Å²) in [5, 5.41) is 10.1. The number of amides is 1. The van der Waals surface area contributed by atoms with Crippen LogP contribution in [0.3, 0.4) is 0 Å². The van der Waals surface area contributed by atoms with Crippen LogP contribution >= 0.6 is 0 Å². The first-order valence-corrected chi connectivity index (χ1v) is 8.47. The van der Waals surface area contributed by atoms with Crippen molar-refractivity contribution in [3.05, 3.63) is 60.0 Å². The van der Waals surface area contributed by atoms with E-state index in [0.717, 1.165) is 18.4 Å². The van der Waals surface area contributed by atoms with Gasteiger partial charge in [-0.25, -0.2) is 9.97 Å². The summed E-state index contributed by atoms with van der Waals surface area (Å²) in [6.07, 6.45) is 4.88. The van der Waals surface area contributed by atoms with Gasteiger partial charge in [-0.2, -0.15) is 0 Å². The van der Waals surface area contributed by atoms with E-state index in [4.69, 9.17) is 0 Å². The van der Waals surface area contributed by atoms with Crippen LogP contribution in [0, 0.1) is 0 Å². The molecule has 1 saturated heterocycles. The van der Waals surface area contributed by atoms with E-state index >= 15 is 0 Å². The fraction of sp³-hybridized carbons (Fsp3) is 0.316. The minimum absolute atomic E-state index is 0.0244. The number of carbonyl (C=O) groups excluding carboxylic acids is 1. The van der Waals surface area contributed by atoms with Gasteiger partial charge in [-0.05, 0) is 24.5 Å². The summed E-state index contributed by atoms with van der Waals surface area (Å²) in [7, 11) is 0. The summed E-state index contributed by atoms with van der Waals surface area (Å²) in [4.78, 5) is 26.2. The fourth-order valence-electron chi connectivity index (χ4n) is 3.75. The van der Waals surface area contributed by atoms with Gasteiger partial charge in [-0.3, -0.25) is 4.79 Å². The molecule has 1 atom stereocenters. The smallest absolute Gasteiger partial charge is 0.256 e. The zero-order chi connectivity index (χ0) is 17.3. The van der Waals surface area contributed by atoms with E-state index in [1.54, 1.807) is 18.6 Å². The van der Waals surface area contributed by atoms with Crippen molar-refractivity contribution in [3.63, 3.8) is 0 Å². The molecule has 1 aromatic carbocycles. The average Bonchev–Trinajstić information content (AvgIpc) is 3.17. The number of benzene rings is 1. The lowest BCUT2D eigenvalue weighted by Crippen LogP contribution is -2.50. The van der Waals surface area contributed by atoms with Crippen LogP contribution in [0.25, 0.3) is 11.2 Å². The monoisotopic (exact) mass is 336 g/mol. The molecule has 1 aliphatic heterocycles. The maximum atomic E-state index is 13.1. The number of aromatic amines is 1. The van der Waals surface area contributed by atoms with E-state index in [1.807, 2.05) is 35.2 Å². The number of hydrogen-bond acceptors (Lipinski definition) is 4. The third-order valence-electron chi connectivity index (χ3n) is 5.11. The topological polar surface area (TPSA) is 82.1 Å². The summed E-state index contributed by atoms with van der Waals surface area (Å²) in [5.74, 6) is -0.0508. The number of pyridine rings is 1. The molecular weight excluding hydrogens is 316 g/mol. The number of aliphatic hydroxyl groups excluding tert-OH is 1. The maximum absolute atomic E-state index is 13.1. The average molecular weight is 336 g/mol. The second kappa shape index (κ2) is 6.29. The molecule has 3 heterocycles. The largest absolute Gasteiger partial charge is 0.395 e. The number of rotatable bonds is 3. The van der Waals surface area contributed by atoms with Crippen LogP contribution in [0.5, 0.6) is 0 Å². The minimum Gasteiger partial charge on any atom is -0.395 e. The highest BCUT2D eigenvalue weighted by atomic mass is 16.3. The third kappa shape index (κ3) is 2.68. The van der Waals surface area contributed by atoms with Gasteiger partial charge in [0.05, 0.1) is 24.0 Å². The van der Waals surface area contributed by atoms with Gasteiger partial charge in [-0.1, -0.05) is 30.3 Å². The van der Waals surface area contributed by atoms with E-state index < -0.39 is 5.41 Å². The number of likely N-dealkylation sites (tertiary alicyclic amines) is 1. The SMILES string of the molecule is O=C(c1ccnc2nc[nH]c12)N1CCCC(CO)(c2ccccc2)C1. The second-order valence-corrected chi connectivity index (χ2v) is 6.59. The molecule has 6 nitrogen and oxygen atoms in total. The number of nitrogens with zero attached hydrogens (tertiary/aromatic N) is 3. The fourth-order valence-corrected chi connectivity index (χ4v) is 3.75. The molecule has 2 N–H and O–H groups in total. The Morgan fingerprint density at radius 1 is 1.24 bits per heavy atom. The third-order valence-corrected chi connectivity index (χ3v) is 5.11. The summed E-state index contributed by atoms with van der Waals surface area (Å²) in [6.45, 7) is 1.21. The van der Waals surface area contributed by atoms with Crippen LogP contribution in [0.4, 0.5) is 0 Å². The first kappa shape index (κ1) is 15.8. The molecule has 128 valence electrons. The molecule has 1 aliphatic rings. The number of piperidine rings is 1. The zero-order valence-electron chi connectivity index (χ0n) is 13.9. The Kier molecular flexibility index (Phi) is 3.97. The Hall–Kier alpha value is -2.73. The standard InChI is InChI=1S/C19H20N4O2/c24-12-19(14-5-2-1-3-6-14)8-4-10-23(11-19)18(25)15-7-9-20-17-16(15)21-13-22-17/h1-3,5-7,9,13,24H,4,8,10-12H2,(H,20,21,22). The molecule has 0 radical (unpaired) electrons. The van der Waals surface area contributed by atoms with Crippen molar-refractivity contribution in [1.29, 1.82) is 0 Å². The zero-order valence-corrected chi connectivity index (χ0v) is 13.9. The Morgan fingerprint density at radius 3 is 2.88 bits per heavy atom. The highest BCUT2D eigenvalue weighted by Gasteiger charge is 2.38. The summed E-state index contributed by atoms with van der Waals surface area (Å²) in [6, 6.07) is 11.7. The van der Waals surface area contributed by atoms with Crippen molar-refractivity contribution >= 4 is 17.1 Å². The predicted octanol–water partition coefficient (Wildman–Crippen LogP) is 2.12. The van der Waals surface area contributed by atoms with Crippen LogP contribution in [0.2, 0.25) is 0 Å². The van der Waals surface area contributed by atoms with Crippen LogP contribution in [-0.4, -0.2) is 50.6 Å². The molecule has 0 bridgehead atoms. The lowest BCUT2D eigenvalue weighted by atomic mass is 9.74. The number of fused-ring (bicyclic) bond motifs is 1. The van der Waals surface area contributed by atoms with Gasteiger partial charge in [0.25, 0.3) is 5.91 Å². The molecule has 25 heavy (non-hydrogen) atoms. The first-order chi connectivity index (χ1) is 12.2. The summed E-state index contributed by atoms with van der Waals surface area (Å²) >= 11 is 0. The molecule has 3 aromatic rings. The molecule has 1 fully saturated rings. The Balaban J connectivity index is 1.67. The van der Waals surface area contributed by atoms with E-state index in [1.165, 1.54) is 0 Å². The lowest BCUT2D eigenvalue weighted by Gasteiger charge is -2.42. The van der Waals surface area contributed by atoms with Gasteiger partial charge in [0.2, 0.25) is 0 Å². The Labute approximate surface area is 145 Å².